The van der Waals surface area contributed by atoms with E-state index in [2.05, 4.69) is 0 Å². The molecular formula is C17H22ClNO4. The lowest BCUT2D eigenvalue weighted by Crippen LogP contribution is -2.29. The summed E-state index contributed by atoms with van der Waals surface area (Å²) in [6, 6.07) is 11.8. The summed E-state index contributed by atoms with van der Waals surface area (Å²) in [4.78, 5) is 0. The molecule has 0 spiro atoms. The van der Waals surface area contributed by atoms with Crippen molar-refractivity contribution in [3.05, 3.63) is 53.6 Å². The molecule has 0 aromatic heterocycles. The molecule has 0 aliphatic heterocycles. The predicted octanol–water partition coefficient (Wildman–Crippen LogP) is 2.43. The number of benzene rings is 2. The summed E-state index contributed by atoms with van der Waals surface area (Å²) >= 11 is 0. The molecule has 5 nitrogen and oxygen atoms in total. The monoisotopic (exact) mass is 339 g/mol. The van der Waals surface area contributed by atoms with Gasteiger partial charge in [-0.2, -0.15) is 0 Å². The fourth-order valence-electron chi connectivity index (χ4n) is 2.43. The van der Waals surface area contributed by atoms with Crippen molar-refractivity contribution in [1.29, 1.82) is 0 Å². The molecule has 0 bridgehead atoms. The fourth-order valence-corrected chi connectivity index (χ4v) is 2.43. The maximum Gasteiger partial charge on any atom is 0.131 e. The van der Waals surface area contributed by atoms with E-state index in [1.807, 2.05) is 30.3 Å². The summed E-state index contributed by atoms with van der Waals surface area (Å²) in [7, 11) is 2.96. The number of aliphatic hydroxyl groups excluding tert-OH is 1. The molecule has 0 radical (unpaired) electrons. The molecule has 6 heteroatoms. The van der Waals surface area contributed by atoms with E-state index < -0.39 is 12.1 Å². The Morgan fingerprint density at radius 1 is 1.04 bits per heavy atom. The van der Waals surface area contributed by atoms with E-state index in [0.29, 0.717) is 23.5 Å². The Hall–Kier alpha value is -1.95. The number of hydrogen-bond donors (Lipinski definition) is 3. The average Bonchev–Trinajstić information content (AvgIpc) is 2.54. The van der Waals surface area contributed by atoms with Gasteiger partial charge in [-0.3, -0.25) is 0 Å². The fraction of sp³-hybridized carbons (Fsp3) is 0.294. The molecule has 0 saturated carbocycles. The molecule has 0 amide bonds. The van der Waals surface area contributed by atoms with Crippen LogP contribution in [0, 0.1) is 0 Å². The van der Waals surface area contributed by atoms with Crippen LogP contribution in [0.15, 0.2) is 42.5 Å². The third kappa shape index (κ3) is 4.51. The van der Waals surface area contributed by atoms with E-state index in [9.17, 15) is 10.2 Å². The topological polar surface area (TPSA) is 84.9 Å². The van der Waals surface area contributed by atoms with Crippen molar-refractivity contribution < 1.29 is 19.7 Å². The van der Waals surface area contributed by atoms with Crippen LogP contribution in [0.1, 0.15) is 17.2 Å². The van der Waals surface area contributed by atoms with Gasteiger partial charge in [0.2, 0.25) is 0 Å². The first-order valence-corrected chi connectivity index (χ1v) is 6.99. The number of ether oxygens (including phenoxy) is 2. The molecule has 0 aliphatic carbocycles. The van der Waals surface area contributed by atoms with E-state index in [-0.39, 0.29) is 18.2 Å². The van der Waals surface area contributed by atoms with E-state index in [1.54, 1.807) is 0 Å². The van der Waals surface area contributed by atoms with E-state index in [4.69, 9.17) is 15.2 Å². The van der Waals surface area contributed by atoms with Crippen molar-refractivity contribution in [2.75, 3.05) is 14.2 Å². The highest BCUT2D eigenvalue weighted by atomic mass is 35.5. The van der Waals surface area contributed by atoms with Crippen LogP contribution in [0.4, 0.5) is 0 Å². The molecule has 2 rings (SSSR count). The average molecular weight is 340 g/mol. The molecule has 0 fully saturated rings. The Kier molecular flexibility index (Phi) is 7.16. The smallest absolute Gasteiger partial charge is 0.131 e. The molecule has 23 heavy (non-hydrogen) atoms. The van der Waals surface area contributed by atoms with Crippen molar-refractivity contribution in [2.24, 2.45) is 5.73 Å². The maximum atomic E-state index is 10.4. The molecular weight excluding hydrogens is 318 g/mol. The van der Waals surface area contributed by atoms with Crippen LogP contribution in [-0.4, -0.2) is 30.5 Å². The number of methoxy groups -OCH3 is 2. The molecule has 0 unspecified atom stereocenters. The highest BCUT2D eigenvalue weighted by molar-refractivity contribution is 5.85. The summed E-state index contributed by atoms with van der Waals surface area (Å²) in [5.74, 6) is 0.787. The van der Waals surface area contributed by atoms with Crippen molar-refractivity contribution in [3.8, 4) is 17.2 Å². The minimum absolute atomic E-state index is 0. The maximum absolute atomic E-state index is 10.4. The number of phenols is 1. The minimum Gasteiger partial charge on any atom is -0.508 e. The van der Waals surface area contributed by atoms with Crippen LogP contribution in [-0.2, 0) is 6.42 Å². The third-order valence-corrected chi connectivity index (χ3v) is 3.56. The molecule has 126 valence electrons. The number of phenolic OH excluding ortho intramolecular Hbond substituents is 1. The summed E-state index contributed by atoms with van der Waals surface area (Å²) in [6.45, 7) is 0. The highest BCUT2D eigenvalue weighted by Gasteiger charge is 2.25. The van der Waals surface area contributed by atoms with Gasteiger partial charge in [0.25, 0.3) is 0 Å². The molecule has 0 heterocycles. The first-order chi connectivity index (χ1) is 10.6. The summed E-state index contributed by atoms with van der Waals surface area (Å²) in [6.07, 6.45) is -0.399. The zero-order valence-electron chi connectivity index (χ0n) is 13.1. The second kappa shape index (κ2) is 8.62. The van der Waals surface area contributed by atoms with Gasteiger partial charge in [-0.15, -0.1) is 12.4 Å². The summed E-state index contributed by atoms with van der Waals surface area (Å²) in [5, 5.41) is 20.1. The Balaban J connectivity index is 0.00000264. The second-order valence-electron chi connectivity index (χ2n) is 5.05. The lowest BCUT2D eigenvalue weighted by Gasteiger charge is -2.23. The molecule has 2 aromatic carbocycles. The van der Waals surface area contributed by atoms with Crippen LogP contribution < -0.4 is 15.2 Å². The van der Waals surface area contributed by atoms with E-state index in [1.165, 1.54) is 26.4 Å². The summed E-state index contributed by atoms with van der Waals surface area (Å²) < 4.78 is 10.5. The number of rotatable bonds is 6. The number of aliphatic hydroxyl groups is 1. The lowest BCUT2D eigenvalue weighted by molar-refractivity contribution is 0.142. The van der Waals surface area contributed by atoms with Gasteiger partial charge in [-0.1, -0.05) is 30.3 Å². The third-order valence-electron chi connectivity index (χ3n) is 3.56. The van der Waals surface area contributed by atoms with Crippen molar-refractivity contribution >= 4 is 12.4 Å². The molecule has 0 aliphatic rings. The molecule has 4 N–H and O–H groups in total. The van der Waals surface area contributed by atoms with Crippen molar-refractivity contribution in [1.82, 2.24) is 0 Å². The van der Waals surface area contributed by atoms with Gasteiger partial charge in [0, 0.05) is 18.6 Å². The molecule has 0 saturated heterocycles. The summed E-state index contributed by atoms with van der Waals surface area (Å²) in [5.41, 5.74) is 7.72. The molecule has 2 aromatic rings. The quantitative estimate of drug-likeness (QED) is 0.752. The number of halogens is 1. The van der Waals surface area contributed by atoms with Crippen molar-refractivity contribution in [2.45, 2.75) is 18.6 Å². The second-order valence-corrected chi connectivity index (χ2v) is 5.05. The lowest BCUT2D eigenvalue weighted by atomic mass is 9.95. The highest BCUT2D eigenvalue weighted by Crippen LogP contribution is 2.38. The first-order valence-electron chi connectivity index (χ1n) is 6.99. The number of aromatic hydroxyl groups is 1. The largest absolute Gasteiger partial charge is 0.508 e. The Labute approximate surface area is 142 Å². The predicted molar refractivity (Wildman–Crippen MR) is 91.5 cm³/mol. The van der Waals surface area contributed by atoms with Gasteiger partial charge < -0.3 is 25.4 Å². The van der Waals surface area contributed by atoms with Gasteiger partial charge in [-0.05, 0) is 5.56 Å². The minimum atomic E-state index is -0.810. The van der Waals surface area contributed by atoms with E-state index >= 15 is 0 Å². The SMILES string of the molecule is COc1cc(O)cc(OC)c1[C@@H](N)[C@@H](O)Cc1ccccc1.Cl. The van der Waals surface area contributed by atoms with Gasteiger partial charge >= 0.3 is 0 Å². The number of nitrogens with two attached hydrogens (primary N) is 1. The van der Waals surface area contributed by atoms with Crippen LogP contribution in [0.25, 0.3) is 0 Å². The molecule has 2 atom stereocenters. The van der Waals surface area contributed by atoms with Crippen LogP contribution in [0.5, 0.6) is 17.2 Å². The standard InChI is InChI=1S/C17H21NO4.ClH/c1-21-14-9-12(19)10-15(22-2)16(14)17(18)13(20)8-11-6-4-3-5-7-11;/h3-7,9-10,13,17,19-20H,8,18H2,1-2H3;1H/t13-,17-;/m0./s1. The zero-order chi connectivity index (χ0) is 16.1. The van der Waals surface area contributed by atoms with Crippen LogP contribution >= 0.6 is 12.4 Å². The number of hydrogen-bond acceptors (Lipinski definition) is 5. The van der Waals surface area contributed by atoms with Gasteiger partial charge in [0.05, 0.1) is 31.9 Å². The first kappa shape index (κ1) is 19.1. The van der Waals surface area contributed by atoms with E-state index in [0.717, 1.165) is 5.56 Å². The Morgan fingerprint density at radius 3 is 2.04 bits per heavy atom. The normalized spacial score (nSPS) is 12.9. The van der Waals surface area contributed by atoms with Crippen LogP contribution in [0.3, 0.4) is 0 Å². The Morgan fingerprint density at radius 2 is 1.57 bits per heavy atom. The Bertz CT molecular complexity index is 596. The van der Waals surface area contributed by atoms with Crippen molar-refractivity contribution in [3.63, 3.8) is 0 Å². The van der Waals surface area contributed by atoms with Crippen LogP contribution in [0.2, 0.25) is 0 Å². The van der Waals surface area contributed by atoms with Gasteiger partial charge in [0.15, 0.2) is 0 Å². The van der Waals surface area contributed by atoms with Gasteiger partial charge in [-0.25, -0.2) is 0 Å². The zero-order valence-corrected chi connectivity index (χ0v) is 13.9. The van der Waals surface area contributed by atoms with Gasteiger partial charge in [0.1, 0.15) is 17.2 Å².